The van der Waals surface area contributed by atoms with E-state index >= 15 is 0 Å². The third-order valence-corrected chi connectivity index (χ3v) is 5.76. The number of benzene rings is 2. The largest absolute Gasteiger partial charge is 0.485 e. The predicted molar refractivity (Wildman–Crippen MR) is 98.9 cm³/mol. The standard InChI is InChI=1S/C18H19N3O6S/c1-21(28(24,25)13-7-3-2-4-8-13)11-17(22)19-20-18(23)16-12-26-14-9-5-6-10-15(14)27-16/h2-10,16H,11-12H2,1H3,(H,19,22)(H,20,23). The molecule has 2 amide bonds. The number of nitrogens with zero attached hydrogens (tertiary/aromatic N) is 1. The highest BCUT2D eigenvalue weighted by molar-refractivity contribution is 7.89. The van der Waals surface area contributed by atoms with Crippen molar-refractivity contribution in [2.45, 2.75) is 11.0 Å². The van der Waals surface area contributed by atoms with Crippen molar-refractivity contribution in [2.75, 3.05) is 20.2 Å². The molecule has 1 atom stereocenters. The van der Waals surface area contributed by atoms with Crippen LogP contribution < -0.4 is 20.3 Å². The summed E-state index contributed by atoms with van der Waals surface area (Å²) in [5.41, 5.74) is 4.39. The van der Waals surface area contributed by atoms with Crippen LogP contribution in [0.25, 0.3) is 0 Å². The second kappa shape index (κ2) is 8.28. The Morgan fingerprint density at radius 2 is 1.68 bits per heavy atom. The summed E-state index contributed by atoms with van der Waals surface area (Å²) in [6.07, 6.45) is -0.944. The van der Waals surface area contributed by atoms with E-state index < -0.39 is 34.5 Å². The molecule has 28 heavy (non-hydrogen) atoms. The van der Waals surface area contributed by atoms with Crippen LogP contribution in [0.2, 0.25) is 0 Å². The molecule has 1 heterocycles. The second-order valence-electron chi connectivity index (χ2n) is 5.98. The number of ether oxygens (including phenoxy) is 2. The van der Waals surface area contributed by atoms with Crippen LogP contribution in [0.3, 0.4) is 0 Å². The first-order valence-corrected chi connectivity index (χ1v) is 9.80. The number of para-hydroxylation sites is 2. The van der Waals surface area contributed by atoms with Gasteiger partial charge >= 0.3 is 0 Å². The Labute approximate surface area is 162 Å². The third kappa shape index (κ3) is 4.41. The van der Waals surface area contributed by atoms with Crippen molar-refractivity contribution < 1.29 is 27.5 Å². The van der Waals surface area contributed by atoms with Crippen LogP contribution in [0.5, 0.6) is 11.5 Å². The number of hydrogen-bond acceptors (Lipinski definition) is 6. The predicted octanol–water partition coefficient (Wildman–Crippen LogP) is 0.295. The average molecular weight is 405 g/mol. The van der Waals surface area contributed by atoms with Gasteiger partial charge in [-0.05, 0) is 24.3 Å². The van der Waals surface area contributed by atoms with Gasteiger partial charge in [-0.2, -0.15) is 4.31 Å². The SMILES string of the molecule is CN(CC(=O)NNC(=O)C1COc2ccccc2O1)S(=O)(=O)c1ccccc1. The van der Waals surface area contributed by atoms with E-state index in [0.717, 1.165) is 4.31 Å². The number of rotatable bonds is 5. The molecule has 9 nitrogen and oxygen atoms in total. The molecule has 1 unspecified atom stereocenters. The molecule has 0 saturated heterocycles. The normalized spacial score (nSPS) is 15.7. The molecule has 2 aromatic rings. The van der Waals surface area contributed by atoms with Crippen LogP contribution >= 0.6 is 0 Å². The number of sulfonamides is 1. The molecule has 0 spiro atoms. The first kappa shape index (κ1) is 19.6. The van der Waals surface area contributed by atoms with E-state index in [1.165, 1.54) is 19.2 Å². The molecule has 0 bridgehead atoms. The van der Waals surface area contributed by atoms with E-state index in [2.05, 4.69) is 10.9 Å². The van der Waals surface area contributed by atoms with Crippen LogP contribution in [-0.2, 0) is 19.6 Å². The van der Waals surface area contributed by atoms with Crippen LogP contribution in [0.15, 0.2) is 59.5 Å². The van der Waals surface area contributed by atoms with Crippen molar-refractivity contribution in [1.82, 2.24) is 15.2 Å². The highest BCUT2D eigenvalue weighted by Gasteiger charge is 2.28. The molecule has 10 heteroatoms. The van der Waals surface area contributed by atoms with Crippen LogP contribution in [0.1, 0.15) is 0 Å². The van der Waals surface area contributed by atoms with Crippen LogP contribution in [0.4, 0.5) is 0 Å². The van der Waals surface area contributed by atoms with Gasteiger partial charge < -0.3 is 9.47 Å². The summed E-state index contributed by atoms with van der Waals surface area (Å²) in [6, 6.07) is 14.6. The van der Waals surface area contributed by atoms with Gasteiger partial charge in [-0.3, -0.25) is 20.4 Å². The summed E-state index contributed by atoms with van der Waals surface area (Å²) in [7, 11) is -2.53. The first-order chi connectivity index (χ1) is 13.4. The van der Waals surface area contributed by atoms with Crippen molar-refractivity contribution >= 4 is 21.8 Å². The Kier molecular flexibility index (Phi) is 5.81. The maximum atomic E-state index is 12.4. The molecule has 3 rings (SSSR count). The zero-order valence-electron chi connectivity index (χ0n) is 15.0. The molecule has 2 aromatic carbocycles. The van der Waals surface area contributed by atoms with Crippen molar-refractivity contribution in [2.24, 2.45) is 0 Å². The monoisotopic (exact) mass is 405 g/mol. The first-order valence-electron chi connectivity index (χ1n) is 8.36. The maximum absolute atomic E-state index is 12.4. The second-order valence-corrected chi connectivity index (χ2v) is 8.02. The van der Waals surface area contributed by atoms with Gasteiger partial charge in [0.1, 0.15) is 6.61 Å². The van der Waals surface area contributed by atoms with Gasteiger partial charge in [0.2, 0.25) is 16.1 Å². The lowest BCUT2D eigenvalue weighted by atomic mass is 10.2. The quantitative estimate of drug-likeness (QED) is 0.692. The van der Waals surface area contributed by atoms with E-state index in [9.17, 15) is 18.0 Å². The van der Waals surface area contributed by atoms with Crippen molar-refractivity contribution in [3.63, 3.8) is 0 Å². The smallest absolute Gasteiger partial charge is 0.283 e. The van der Waals surface area contributed by atoms with Crippen molar-refractivity contribution in [1.29, 1.82) is 0 Å². The number of likely N-dealkylation sites (N-methyl/N-ethyl adjacent to an activating group) is 1. The van der Waals surface area contributed by atoms with Crippen LogP contribution in [-0.4, -0.2) is 50.8 Å². The topological polar surface area (TPSA) is 114 Å². The van der Waals surface area contributed by atoms with Crippen molar-refractivity contribution in [3.05, 3.63) is 54.6 Å². The molecule has 0 radical (unpaired) electrons. The zero-order chi connectivity index (χ0) is 20.1. The van der Waals surface area contributed by atoms with E-state index in [0.29, 0.717) is 11.5 Å². The molecule has 0 aliphatic carbocycles. The van der Waals surface area contributed by atoms with E-state index in [1.54, 1.807) is 42.5 Å². The average Bonchev–Trinajstić information content (AvgIpc) is 2.72. The number of amides is 2. The number of hydrogen-bond donors (Lipinski definition) is 2. The minimum absolute atomic E-state index is 0.0129. The maximum Gasteiger partial charge on any atom is 0.283 e. The van der Waals surface area contributed by atoms with Gasteiger partial charge in [0, 0.05) is 7.05 Å². The molecular weight excluding hydrogens is 386 g/mol. The Bertz CT molecular complexity index is 964. The Morgan fingerprint density at radius 3 is 2.39 bits per heavy atom. The number of carbonyl (C=O) groups is 2. The molecule has 148 valence electrons. The van der Waals surface area contributed by atoms with Gasteiger partial charge in [-0.1, -0.05) is 30.3 Å². The fourth-order valence-corrected chi connectivity index (χ4v) is 3.61. The molecule has 1 aliphatic heterocycles. The summed E-state index contributed by atoms with van der Waals surface area (Å²) < 4.78 is 36.6. The zero-order valence-corrected chi connectivity index (χ0v) is 15.8. The van der Waals surface area contributed by atoms with Gasteiger partial charge in [-0.15, -0.1) is 0 Å². The fraction of sp³-hybridized carbons (Fsp3) is 0.222. The van der Waals surface area contributed by atoms with Gasteiger partial charge in [0.05, 0.1) is 11.4 Å². The van der Waals surface area contributed by atoms with E-state index in [1.807, 2.05) is 0 Å². The Balaban J connectivity index is 1.51. The Morgan fingerprint density at radius 1 is 1.04 bits per heavy atom. The third-order valence-electron chi connectivity index (χ3n) is 3.94. The molecule has 0 fully saturated rings. The molecule has 0 saturated carbocycles. The van der Waals surface area contributed by atoms with Crippen molar-refractivity contribution in [3.8, 4) is 11.5 Å². The van der Waals surface area contributed by atoms with E-state index in [4.69, 9.17) is 9.47 Å². The molecule has 0 aromatic heterocycles. The number of hydrazine groups is 1. The summed E-state index contributed by atoms with van der Waals surface area (Å²) in [4.78, 5) is 24.2. The van der Waals surface area contributed by atoms with Crippen LogP contribution in [0, 0.1) is 0 Å². The summed E-state index contributed by atoms with van der Waals surface area (Å²) in [5, 5.41) is 0. The summed E-state index contributed by atoms with van der Waals surface area (Å²) in [6.45, 7) is -0.483. The van der Waals surface area contributed by atoms with E-state index in [-0.39, 0.29) is 11.5 Å². The van der Waals surface area contributed by atoms with Gasteiger partial charge in [0.15, 0.2) is 11.5 Å². The Hall–Kier alpha value is -3.11. The molecule has 2 N–H and O–H groups in total. The van der Waals surface area contributed by atoms with Gasteiger partial charge in [0.25, 0.3) is 11.8 Å². The number of fused-ring (bicyclic) bond motifs is 1. The number of carbonyl (C=O) groups excluding carboxylic acids is 2. The number of nitrogens with one attached hydrogen (secondary N) is 2. The minimum atomic E-state index is -3.81. The molecule has 1 aliphatic rings. The van der Waals surface area contributed by atoms with Gasteiger partial charge in [-0.25, -0.2) is 8.42 Å². The highest BCUT2D eigenvalue weighted by Crippen LogP contribution is 2.30. The minimum Gasteiger partial charge on any atom is -0.485 e. The summed E-state index contributed by atoms with van der Waals surface area (Å²) in [5.74, 6) is -0.360. The lowest BCUT2D eigenvalue weighted by Crippen LogP contribution is -2.52. The fourth-order valence-electron chi connectivity index (χ4n) is 2.46. The lowest BCUT2D eigenvalue weighted by molar-refractivity contribution is -0.135. The lowest BCUT2D eigenvalue weighted by Gasteiger charge is -2.25. The summed E-state index contributed by atoms with van der Waals surface area (Å²) >= 11 is 0. The molecular formula is C18H19N3O6S. The highest BCUT2D eigenvalue weighted by atomic mass is 32.2.